The standard InChI is InChI=1S/C22H28N5O7/c1-14(24-21(29)18-8-5-11-23-18)22(30)25(15-6-3-2-4-7-15)20(13-28)17-10-9-16(26(31)32)12-19(17)27(33)34/h9-10,12,14-15,18,20,23H,2-8,11H2,1H3,(H,24,29)/t14-,18-,20+/m0/s1. The molecule has 0 spiro atoms. The van der Waals surface area contributed by atoms with Crippen LogP contribution in [0, 0.1) is 20.2 Å². The van der Waals surface area contributed by atoms with Crippen molar-refractivity contribution in [2.24, 2.45) is 0 Å². The van der Waals surface area contributed by atoms with E-state index in [2.05, 4.69) is 10.6 Å². The maximum atomic E-state index is 13.6. The quantitative estimate of drug-likeness (QED) is 0.405. The fourth-order valence-electron chi connectivity index (χ4n) is 4.69. The Balaban J connectivity index is 1.96. The third-order valence-corrected chi connectivity index (χ3v) is 6.43. The van der Waals surface area contributed by atoms with Crippen molar-refractivity contribution in [2.75, 3.05) is 6.54 Å². The Morgan fingerprint density at radius 3 is 2.38 bits per heavy atom. The lowest BCUT2D eigenvalue weighted by Gasteiger charge is -2.39. The van der Waals surface area contributed by atoms with Crippen LogP contribution in [-0.2, 0) is 14.4 Å². The van der Waals surface area contributed by atoms with Gasteiger partial charge in [0, 0.05) is 12.1 Å². The van der Waals surface area contributed by atoms with E-state index in [1.54, 1.807) is 6.29 Å². The molecule has 1 heterocycles. The van der Waals surface area contributed by atoms with Crippen LogP contribution in [0.15, 0.2) is 18.2 Å². The second kappa shape index (κ2) is 11.1. The molecular formula is C22H28N5O7. The lowest BCUT2D eigenvalue weighted by Crippen LogP contribution is -2.54. The topological polar surface area (TPSA) is 165 Å². The van der Waals surface area contributed by atoms with Crippen LogP contribution >= 0.6 is 0 Å². The highest BCUT2D eigenvalue weighted by Crippen LogP contribution is 2.35. The van der Waals surface area contributed by atoms with Crippen LogP contribution in [0.5, 0.6) is 0 Å². The Hall–Kier alpha value is -3.41. The molecule has 2 amide bonds. The normalized spacial score (nSPS) is 20.2. The van der Waals surface area contributed by atoms with Crippen molar-refractivity contribution >= 4 is 29.5 Å². The summed E-state index contributed by atoms with van der Waals surface area (Å²) in [6.07, 6.45) is 7.04. The van der Waals surface area contributed by atoms with Gasteiger partial charge in [-0.2, -0.15) is 0 Å². The first kappa shape index (κ1) is 25.2. The molecule has 1 aliphatic carbocycles. The highest BCUT2D eigenvalue weighted by molar-refractivity contribution is 5.91. The van der Waals surface area contributed by atoms with Crippen molar-refractivity contribution in [1.82, 2.24) is 15.5 Å². The number of amides is 2. The summed E-state index contributed by atoms with van der Waals surface area (Å²) >= 11 is 0. The first-order valence-electron chi connectivity index (χ1n) is 11.4. The van der Waals surface area contributed by atoms with Gasteiger partial charge in [-0.25, -0.2) is 0 Å². The van der Waals surface area contributed by atoms with Crippen molar-refractivity contribution in [2.45, 2.75) is 76.0 Å². The second-order valence-corrected chi connectivity index (χ2v) is 8.69. The van der Waals surface area contributed by atoms with Crippen molar-refractivity contribution in [3.63, 3.8) is 0 Å². The lowest BCUT2D eigenvalue weighted by molar-refractivity contribution is -0.394. The number of carbonyl (C=O) groups excluding carboxylic acids is 3. The molecule has 0 unspecified atom stereocenters. The minimum Gasteiger partial charge on any atom is -0.343 e. The molecule has 2 fully saturated rings. The number of carbonyl (C=O) groups is 2. The summed E-state index contributed by atoms with van der Waals surface area (Å²) in [5, 5.41) is 28.6. The van der Waals surface area contributed by atoms with E-state index in [0.717, 1.165) is 43.9 Å². The van der Waals surface area contributed by atoms with Gasteiger partial charge in [-0.1, -0.05) is 19.3 Å². The summed E-state index contributed by atoms with van der Waals surface area (Å²) in [6, 6.07) is -0.242. The predicted molar refractivity (Wildman–Crippen MR) is 121 cm³/mol. The molecule has 1 aromatic carbocycles. The molecule has 0 bridgehead atoms. The second-order valence-electron chi connectivity index (χ2n) is 8.69. The Morgan fingerprint density at radius 1 is 1.12 bits per heavy atom. The highest BCUT2D eigenvalue weighted by Gasteiger charge is 2.39. The van der Waals surface area contributed by atoms with Crippen molar-refractivity contribution in [3.8, 4) is 0 Å². The van der Waals surface area contributed by atoms with Crippen LogP contribution in [0.25, 0.3) is 0 Å². The number of hydrogen-bond donors (Lipinski definition) is 2. The largest absolute Gasteiger partial charge is 0.343 e. The maximum Gasteiger partial charge on any atom is 0.282 e. The van der Waals surface area contributed by atoms with Crippen LogP contribution in [0.3, 0.4) is 0 Å². The van der Waals surface area contributed by atoms with Crippen molar-refractivity contribution in [1.29, 1.82) is 0 Å². The molecular weight excluding hydrogens is 446 g/mol. The van der Waals surface area contributed by atoms with E-state index >= 15 is 0 Å². The molecule has 3 atom stereocenters. The third-order valence-electron chi connectivity index (χ3n) is 6.43. The van der Waals surface area contributed by atoms with Crippen LogP contribution in [0.4, 0.5) is 11.4 Å². The number of hydrogen-bond acceptors (Lipinski definition) is 8. The van der Waals surface area contributed by atoms with Gasteiger partial charge in [0.1, 0.15) is 12.1 Å². The number of rotatable bonds is 9. The van der Waals surface area contributed by atoms with E-state index in [9.17, 15) is 34.6 Å². The monoisotopic (exact) mass is 474 g/mol. The zero-order valence-corrected chi connectivity index (χ0v) is 18.9. The number of benzene rings is 1. The van der Waals surface area contributed by atoms with Crippen LogP contribution < -0.4 is 10.6 Å². The van der Waals surface area contributed by atoms with Crippen molar-refractivity contribution in [3.05, 3.63) is 44.0 Å². The smallest absolute Gasteiger partial charge is 0.282 e. The van der Waals surface area contributed by atoms with Gasteiger partial charge in [0.15, 0.2) is 0 Å². The van der Waals surface area contributed by atoms with E-state index in [1.807, 2.05) is 0 Å². The molecule has 34 heavy (non-hydrogen) atoms. The molecule has 0 aromatic heterocycles. The van der Waals surface area contributed by atoms with E-state index in [4.69, 9.17) is 0 Å². The van der Waals surface area contributed by atoms with Gasteiger partial charge in [0.05, 0.1) is 27.5 Å². The summed E-state index contributed by atoms with van der Waals surface area (Å²) in [7, 11) is 0. The van der Waals surface area contributed by atoms with Crippen LogP contribution in [0.1, 0.15) is 63.5 Å². The fourth-order valence-corrected chi connectivity index (χ4v) is 4.69. The Bertz CT molecular complexity index is 957. The number of nitrogens with one attached hydrogen (secondary N) is 2. The SMILES string of the molecule is C[C@H](NC(=O)[C@@H]1CCCN1)C(=O)N(C1CCCCC1)[C@H]([C]=O)c1ccc([N+](=O)[O-])cc1[N+](=O)[O-]. The van der Waals surface area contributed by atoms with Crippen LogP contribution in [-0.4, -0.2) is 57.5 Å². The molecule has 2 aliphatic rings. The maximum absolute atomic E-state index is 13.6. The van der Waals surface area contributed by atoms with E-state index in [0.29, 0.717) is 25.8 Å². The summed E-state index contributed by atoms with van der Waals surface area (Å²) in [4.78, 5) is 60.8. The zero-order valence-electron chi connectivity index (χ0n) is 18.9. The molecule has 1 saturated carbocycles. The van der Waals surface area contributed by atoms with Gasteiger partial charge in [-0.05, 0) is 45.2 Å². The molecule has 1 aliphatic heterocycles. The lowest BCUT2D eigenvalue weighted by atomic mass is 9.91. The Labute approximate surface area is 196 Å². The molecule has 183 valence electrons. The summed E-state index contributed by atoms with van der Waals surface area (Å²) in [6.45, 7) is 2.22. The number of nitrogens with zero attached hydrogens (tertiary/aromatic N) is 3. The van der Waals surface area contributed by atoms with Gasteiger partial charge in [-0.15, -0.1) is 0 Å². The number of nitro groups is 2. The molecule has 12 heteroatoms. The average molecular weight is 474 g/mol. The van der Waals surface area contributed by atoms with Gasteiger partial charge < -0.3 is 15.5 Å². The first-order chi connectivity index (χ1) is 16.2. The van der Waals surface area contributed by atoms with Crippen molar-refractivity contribution < 1.29 is 24.2 Å². The molecule has 3 rings (SSSR count). The third kappa shape index (κ3) is 5.56. The number of non-ortho nitro benzene ring substituents is 1. The van der Waals surface area contributed by atoms with Gasteiger partial charge in [0.2, 0.25) is 18.1 Å². The van der Waals surface area contributed by atoms with E-state index in [-0.39, 0.29) is 17.5 Å². The predicted octanol–water partition coefficient (Wildman–Crippen LogP) is 2.07. The zero-order chi connectivity index (χ0) is 24.8. The molecule has 1 aromatic rings. The number of nitro benzene ring substituents is 2. The van der Waals surface area contributed by atoms with E-state index in [1.165, 1.54) is 11.8 Å². The van der Waals surface area contributed by atoms with Gasteiger partial charge in [-0.3, -0.25) is 34.6 Å². The first-order valence-corrected chi connectivity index (χ1v) is 11.4. The minimum absolute atomic E-state index is 0.152. The van der Waals surface area contributed by atoms with Gasteiger partial charge >= 0.3 is 0 Å². The summed E-state index contributed by atoms with van der Waals surface area (Å²) in [5.74, 6) is -0.880. The average Bonchev–Trinajstić information content (AvgIpc) is 3.37. The minimum atomic E-state index is -1.44. The van der Waals surface area contributed by atoms with Gasteiger partial charge in [0.25, 0.3) is 11.4 Å². The summed E-state index contributed by atoms with van der Waals surface area (Å²) in [5.41, 5.74) is -1.29. The summed E-state index contributed by atoms with van der Waals surface area (Å²) < 4.78 is 0. The molecule has 1 radical (unpaired) electrons. The van der Waals surface area contributed by atoms with E-state index < -0.39 is 45.3 Å². The highest BCUT2D eigenvalue weighted by atomic mass is 16.6. The Morgan fingerprint density at radius 2 is 1.82 bits per heavy atom. The fraction of sp³-hybridized carbons (Fsp3) is 0.591. The molecule has 12 nitrogen and oxygen atoms in total. The molecule has 1 saturated heterocycles. The Kier molecular flexibility index (Phi) is 8.26. The van der Waals surface area contributed by atoms with Crippen LogP contribution in [0.2, 0.25) is 0 Å². The molecule has 2 N–H and O–H groups in total.